The predicted octanol–water partition coefficient (Wildman–Crippen LogP) is 3.07. The van der Waals surface area contributed by atoms with E-state index in [1.54, 1.807) is 14.2 Å². The number of halogens is 1. The summed E-state index contributed by atoms with van der Waals surface area (Å²) in [6, 6.07) is 5.61. The van der Waals surface area contributed by atoms with Crippen molar-refractivity contribution < 1.29 is 9.47 Å². The van der Waals surface area contributed by atoms with Crippen LogP contribution < -0.4 is 9.47 Å². The van der Waals surface area contributed by atoms with Gasteiger partial charge in [-0.15, -0.1) is 11.6 Å². The molecule has 0 amide bonds. The van der Waals surface area contributed by atoms with E-state index in [0.29, 0.717) is 5.88 Å². The van der Waals surface area contributed by atoms with Crippen LogP contribution in [0.15, 0.2) is 18.2 Å². The summed E-state index contributed by atoms with van der Waals surface area (Å²) in [5, 5.41) is 0. The van der Waals surface area contributed by atoms with Gasteiger partial charge in [0.05, 0.1) is 14.2 Å². The molecule has 0 aliphatic heterocycles. The van der Waals surface area contributed by atoms with Gasteiger partial charge in [0.2, 0.25) is 0 Å². The second-order valence-electron chi connectivity index (χ2n) is 3.13. The van der Waals surface area contributed by atoms with E-state index in [4.69, 9.17) is 21.1 Å². The molecule has 1 rings (SSSR count). The Hall–Kier alpha value is -1.33. The lowest BCUT2D eigenvalue weighted by Gasteiger charge is -2.07. The van der Waals surface area contributed by atoms with Gasteiger partial charge in [-0.25, -0.2) is 0 Å². The Labute approximate surface area is 102 Å². The Balaban J connectivity index is 2.93. The van der Waals surface area contributed by atoms with E-state index in [-0.39, 0.29) is 0 Å². The zero-order valence-electron chi connectivity index (χ0n) is 9.55. The van der Waals surface area contributed by atoms with Gasteiger partial charge in [0.15, 0.2) is 0 Å². The smallest absolute Gasteiger partial charge is 0.138 e. The van der Waals surface area contributed by atoms with E-state index in [2.05, 4.69) is 11.8 Å². The average molecular weight is 239 g/mol. The molecule has 0 saturated heterocycles. The highest BCUT2D eigenvalue weighted by Crippen LogP contribution is 2.26. The van der Waals surface area contributed by atoms with Crippen LogP contribution in [-0.2, 0) is 0 Å². The Morgan fingerprint density at radius 1 is 1.19 bits per heavy atom. The fourth-order valence-electron chi connectivity index (χ4n) is 1.28. The van der Waals surface area contributed by atoms with E-state index >= 15 is 0 Å². The maximum Gasteiger partial charge on any atom is 0.138 e. The van der Waals surface area contributed by atoms with Gasteiger partial charge in [-0.1, -0.05) is 17.9 Å². The molecular weight excluding hydrogens is 224 g/mol. The lowest BCUT2D eigenvalue weighted by Crippen LogP contribution is -1.92. The van der Waals surface area contributed by atoms with Gasteiger partial charge in [-0.2, -0.15) is 0 Å². The van der Waals surface area contributed by atoms with Gasteiger partial charge in [0.25, 0.3) is 0 Å². The normalized spacial score (nSPS) is 9.19. The first-order chi connectivity index (χ1) is 7.83. The van der Waals surface area contributed by atoms with Crippen molar-refractivity contribution in [1.82, 2.24) is 0 Å². The van der Waals surface area contributed by atoms with E-state index in [0.717, 1.165) is 29.9 Å². The average Bonchev–Trinajstić information content (AvgIpc) is 2.34. The quantitative estimate of drug-likeness (QED) is 0.456. The number of alkyl halides is 1. The molecule has 2 nitrogen and oxygen atoms in total. The molecule has 0 N–H and O–H groups in total. The van der Waals surface area contributed by atoms with Crippen LogP contribution in [0, 0.1) is 11.8 Å². The van der Waals surface area contributed by atoms with Gasteiger partial charge >= 0.3 is 0 Å². The lowest BCUT2D eigenvalue weighted by atomic mass is 10.1. The molecule has 1 aromatic rings. The van der Waals surface area contributed by atoms with E-state index in [9.17, 15) is 0 Å². The summed E-state index contributed by atoms with van der Waals surface area (Å²) in [5.74, 6) is 8.22. The molecule has 0 fully saturated rings. The fraction of sp³-hybridized carbons (Fsp3) is 0.385. The Bertz CT molecular complexity index is 368. The van der Waals surface area contributed by atoms with E-state index in [1.807, 2.05) is 18.2 Å². The minimum absolute atomic E-state index is 0.637. The van der Waals surface area contributed by atoms with Crippen molar-refractivity contribution in [2.45, 2.75) is 12.8 Å². The molecule has 0 aromatic heterocycles. The Morgan fingerprint density at radius 3 is 2.31 bits per heavy atom. The van der Waals surface area contributed by atoms with Crippen LogP contribution >= 0.6 is 11.6 Å². The summed E-state index contributed by atoms with van der Waals surface area (Å²) >= 11 is 5.58. The number of methoxy groups -OCH3 is 2. The molecule has 86 valence electrons. The van der Waals surface area contributed by atoms with E-state index in [1.165, 1.54) is 0 Å². The molecule has 16 heavy (non-hydrogen) atoms. The highest BCUT2D eigenvalue weighted by molar-refractivity contribution is 6.17. The zero-order chi connectivity index (χ0) is 11.8. The van der Waals surface area contributed by atoms with Crippen LogP contribution in [0.3, 0.4) is 0 Å². The predicted molar refractivity (Wildman–Crippen MR) is 66.4 cm³/mol. The Morgan fingerprint density at radius 2 is 1.81 bits per heavy atom. The second-order valence-corrected chi connectivity index (χ2v) is 3.51. The van der Waals surface area contributed by atoms with Crippen LogP contribution in [0.1, 0.15) is 18.4 Å². The fourth-order valence-corrected chi connectivity index (χ4v) is 1.41. The van der Waals surface area contributed by atoms with Crippen molar-refractivity contribution in [2.24, 2.45) is 0 Å². The molecule has 0 unspecified atom stereocenters. The monoisotopic (exact) mass is 238 g/mol. The van der Waals surface area contributed by atoms with Crippen molar-refractivity contribution in [1.29, 1.82) is 0 Å². The van der Waals surface area contributed by atoms with Crippen molar-refractivity contribution in [3.05, 3.63) is 23.8 Å². The molecule has 0 bridgehead atoms. The molecule has 0 aliphatic rings. The number of rotatable bonds is 4. The van der Waals surface area contributed by atoms with Crippen molar-refractivity contribution >= 4 is 11.6 Å². The topological polar surface area (TPSA) is 18.5 Å². The summed E-state index contributed by atoms with van der Waals surface area (Å²) in [6.07, 6.45) is 1.68. The molecule has 0 radical (unpaired) electrons. The number of ether oxygens (including phenoxy) is 2. The van der Waals surface area contributed by atoms with Crippen molar-refractivity contribution in [3.63, 3.8) is 0 Å². The summed E-state index contributed by atoms with van der Waals surface area (Å²) in [4.78, 5) is 0. The van der Waals surface area contributed by atoms with Gasteiger partial charge in [-0.05, 0) is 18.6 Å². The van der Waals surface area contributed by atoms with E-state index < -0.39 is 0 Å². The van der Waals surface area contributed by atoms with Crippen LogP contribution in [0.5, 0.6) is 11.5 Å². The van der Waals surface area contributed by atoms with Crippen LogP contribution in [-0.4, -0.2) is 20.1 Å². The minimum atomic E-state index is 0.637. The summed E-state index contributed by atoms with van der Waals surface area (Å²) < 4.78 is 10.5. The summed E-state index contributed by atoms with van der Waals surface area (Å²) in [5.41, 5.74) is 0.794. The van der Waals surface area contributed by atoms with Crippen LogP contribution in [0.4, 0.5) is 0 Å². The number of hydrogen-bond donors (Lipinski definition) is 0. The zero-order valence-corrected chi connectivity index (χ0v) is 10.3. The maximum atomic E-state index is 5.58. The lowest BCUT2D eigenvalue weighted by molar-refractivity contribution is 0.392. The molecule has 1 aromatic carbocycles. The third-order valence-electron chi connectivity index (χ3n) is 2.08. The molecule has 0 saturated carbocycles. The largest absolute Gasteiger partial charge is 0.495 e. The van der Waals surface area contributed by atoms with Crippen LogP contribution in [0.2, 0.25) is 0 Å². The highest BCUT2D eigenvalue weighted by Gasteiger charge is 2.05. The number of benzene rings is 1. The first kappa shape index (κ1) is 12.7. The second kappa shape index (κ2) is 7.03. The van der Waals surface area contributed by atoms with Crippen molar-refractivity contribution in [2.75, 3.05) is 20.1 Å². The molecule has 0 atom stereocenters. The van der Waals surface area contributed by atoms with Crippen LogP contribution in [0.25, 0.3) is 0 Å². The SMILES string of the molecule is COc1cccc(OC)c1C#CCCCCl. The van der Waals surface area contributed by atoms with Gasteiger partial charge in [0.1, 0.15) is 17.1 Å². The standard InChI is InChI=1S/C13H15ClO2/c1-15-12-8-6-9-13(16-2)11(12)7-4-3-5-10-14/h6,8-9H,3,5,10H2,1-2H3. The summed E-state index contributed by atoms with van der Waals surface area (Å²) in [7, 11) is 3.25. The van der Waals surface area contributed by atoms with Gasteiger partial charge in [0, 0.05) is 12.3 Å². The maximum absolute atomic E-state index is 5.58. The third kappa shape index (κ3) is 3.36. The molecular formula is C13H15ClO2. The minimum Gasteiger partial charge on any atom is -0.495 e. The Kier molecular flexibility index (Phi) is 5.60. The van der Waals surface area contributed by atoms with Gasteiger partial charge in [-0.3, -0.25) is 0 Å². The molecule has 0 aliphatic carbocycles. The van der Waals surface area contributed by atoms with Crippen molar-refractivity contribution in [3.8, 4) is 23.3 Å². The third-order valence-corrected chi connectivity index (χ3v) is 2.34. The van der Waals surface area contributed by atoms with Gasteiger partial charge < -0.3 is 9.47 Å². The first-order valence-corrected chi connectivity index (χ1v) is 5.62. The molecule has 0 heterocycles. The highest BCUT2D eigenvalue weighted by atomic mass is 35.5. The molecule has 0 spiro atoms. The first-order valence-electron chi connectivity index (χ1n) is 5.09. The summed E-state index contributed by atoms with van der Waals surface area (Å²) in [6.45, 7) is 0. The molecule has 3 heteroatoms. The number of hydrogen-bond acceptors (Lipinski definition) is 2. The number of unbranched alkanes of at least 4 members (excludes halogenated alkanes) is 1.